The normalized spacial score (nSPS) is 14.6. The maximum absolute atomic E-state index is 11.4. The summed E-state index contributed by atoms with van der Waals surface area (Å²) in [5, 5.41) is 17.0. The van der Waals surface area contributed by atoms with Gasteiger partial charge in [-0.1, -0.05) is 13.3 Å². The van der Waals surface area contributed by atoms with Crippen molar-refractivity contribution >= 4 is 23.0 Å². The van der Waals surface area contributed by atoms with E-state index in [4.69, 9.17) is 5.73 Å². The molecular weight excluding hydrogens is 260 g/mol. The summed E-state index contributed by atoms with van der Waals surface area (Å²) in [4.78, 5) is 22.1. The highest BCUT2D eigenvalue weighted by Crippen LogP contribution is 2.35. The Hall–Kier alpha value is -2.15. The Labute approximate surface area is 116 Å². The number of fused-ring (bicyclic) bond motifs is 1. The average Bonchev–Trinajstić information content (AvgIpc) is 2.76. The molecule has 1 aromatic carbocycles. The van der Waals surface area contributed by atoms with Crippen molar-refractivity contribution in [1.29, 1.82) is 0 Å². The maximum atomic E-state index is 11.4. The number of nitrogens with one attached hydrogen (secondary N) is 2. The minimum Gasteiger partial charge on any atom is -0.375 e. The molecule has 7 heteroatoms. The highest BCUT2D eigenvalue weighted by molar-refractivity contribution is 6.00. The Bertz CT molecular complexity index is 545. The van der Waals surface area contributed by atoms with Crippen molar-refractivity contribution in [3.8, 4) is 0 Å². The summed E-state index contributed by atoms with van der Waals surface area (Å²) in [7, 11) is 0. The third-order valence-corrected chi connectivity index (χ3v) is 3.32. The first kappa shape index (κ1) is 14.3. The van der Waals surface area contributed by atoms with Crippen LogP contribution in [0.4, 0.5) is 17.1 Å². The van der Waals surface area contributed by atoms with Crippen LogP contribution in [0.15, 0.2) is 12.1 Å². The smallest absolute Gasteiger partial charge is 0.292 e. The van der Waals surface area contributed by atoms with Crippen LogP contribution in [-0.2, 0) is 11.2 Å². The average molecular weight is 278 g/mol. The highest BCUT2D eigenvalue weighted by atomic mass is 16.6. The van der Waals surface area contributed by atoms with Crippen molar-refractivity contribution in [3.05, 3.63) is 27.8 Å². The predicted molar refractivity (Wildman–Crippen MR) is 76.8 cm³/mol. The van der Waals surface area contributed by atoms with Crippen LogP contribution in [0.5, 0.6) is 0 Å². The highest BCUT2D eigenvalue weighted by Gasteiger charge is 2.25. The molecule has 0 radical (unpaired) electrons. The van der Waals surface area contributed by atoms with E-state index in [0.29, 0.717) is 23.5 Å². The van der Waals surface area contributed by atoms with Crippen molar-refractivity contribution < 1.29 is 9.72 Å². The molecule has 0 aliphatic carbocycles. The first-order valence-electron chi connectivity index (χ1n) is 6.63. The van der Waals surface area contributed by atoms with Gasteiger partial charge >= 0.3 is 0 Å². The number of hydrogen-bond donors (Lipinski definition) is 3. The van der Waals surface area contributed by atoms with E-state index in [2.05, 4.69) is 10.6 Å². The van der Waals surface area contributed by atoms with Crippen LogP contribution in [0.3, 0.4) is 0 Å². The first-order valence-corrected chi connectivity index (χ1v) is 6.63. The third kappa shape index (κ3) is 2.88. The topological polar surface area (TPSA) is 110 Å². The van der Waals surface area contributed by atoms with E-state index >= 15 is 0 Å². The largest absolute Gasteiger partial charge is 0.375 e. The molecule has 0 saturated heterocycles. The fourth-order valence-corrected chi connectivity index (χ4v) is 2.35. The second-order valence-corrected chi connectivity index (χ2v) is 4.87. The van der Waals surface area contributed by atoms with Crippen LogP contribution in [0.2, 0.25) is 0 Å². The molecule has 108 valence electrons. The van der Waals surface area contributed by atoms with Gasteiger partial charge < -0.3 is 16.4 Å². The molecule has 1 aliphatic heterocycles. The fraction of sp³-hybridized carbons (Fsp3) is 0.462. The number of nitrogens with two attached hydrogens (primary N) is 1. The molecular formula is C13H18N4O3. The van der Waals surface area contributed by atoms with Crippen LogP contribution in [0.25, 0.3) is 0 Å². The molecule has 1 atom stereocenters. The molecule has 1 aromatic rings. The van der Waals surface area contributed by atoms with E-state index in [1.54, 1.807) is 6.07 Å². The number of nitrogens with zero attached hydrogens (tertiary/aromatic N) is 1. The summed E-state index contributed by atoms with van der Waals surface area (Å²) >= 11 is 0. The zero-order valence-corrected chi connectivity index (χ0v) is 11.3. The van der Waals surface area contributed by atoms with E-state index in [9.17, 15) is 14.9 Å². The molecule has 2 rings (SSSR count). The standard InChI is InChI=1S/C13H18N4O3/c1-2-3-9(7-14)15-11-6-10-8(5-13(18)16-10)4-12(11)17(19)20/h4,6,9,15H,2-3,5,7,14H2,1H3,(H,16,18). The van der Waals surface area contributed by atoms with Gasteiger partial charge in [0.1, 0.15) is 5.69 Å². The van der Waals surface area contributed by atoms with Gasteiger partial charge in [-0.2, -0.15) is 0 Å². The zero-order valence-electron chi connectivity index (χ0n) is 11.3. The lowest BCUT2D eigenvalue weighted by Gasteiger charge is -2.18. The molecule has 0 fully saturated rings. The number of carbonyl (C=O) groups is 1. The summed E-state index contributed by atoms with van der Waals surface area (Å²) < 4.78 is 0. The number of hydrogen-bond acceptors (Lipinski definition) is 5. The number of carbonyl (C=O) groups excluding carboxylic acids is 1. The molecule has 1 amide bonds. The second-order valence-electron chi connectivity index (χ2n) is 4.87. The lowest BCUT2D eigenvalue weighted by Crippen LogP contribution is -2.28. The van der Waals surface area contributed by atoms with Gasteiger partial charge in [0.2, 0.25) is 5.91 Å². The van der Waals surface area contributed by atoms with Crippen LogP contribution >= 0.6 is 0 Å². The molecule has 1 heterocycles. The predicted octanol–water partition coefficient (Wildman–Crippen LogP) is 1.63. The minimum atomic E-state index is -0.440. The van der Waals surface area contributed by atoms with Crippen molar-refractivity contribution in [2.45, 2.75) is 32.2 Å². The van der Waals surface area contributed by atoms with Gasteiger partial charge in [-0.05, 0) is 18.1 Å². The van der Waals surface area contributed by atoms with Gasteiger partial charge in [-0.15, -0.1) is 0 Å². The number of anilines is 2. The molecule has 0 spiro atoms. The number of amides is 1. The monoisotopic (exact) mass is 278 g/mol. The molecule has 0 saturated carbocycles. The number of nitro groups is 1. The molecule has 20 heavy (non-hydrogen) atoms. The Morgan fingerprint density at radius 2 is 2.30 bits per heavy atom. The Morgan fingerprint density at radius 1 is 1.55 bits per heavy atom. The summed E-state index contributed by atoms with van der Waals surface area (Å²) in [6.45, 7) is 2.43. The van der Waals surface area contributed by atoms with Gasteiger partial charge in [0.05, 0.1) is 11.3 Å². The Morgan fingerprint density at radius 3 is 2.90 bits per heavy atom. The minimum absolute atomic E-state index is 0.0187. The molecule has 4 N–H and O–H groups in total. The Kier molecular flexibility index (Phi) is 4.19. The van der Waals surface area contributed by atoms with E-state index in [0.717, 1.165) is 12.8 Å². The molecule has 7 nitrogen and oxygen atoms in total. The fourth-order valence-electron chi connectivity index (χ4n) is 2.35. The number of benzene rings is 1. The number of rotatable bonds is 6. The summed E-state index contributed by atoms with van der Waals surface area (Å²) in [5.41, 5.74) is 7.34. The molecule has 0 bridgehead atoms. The second kappa shape index (κ2) is 5.87. The maximum Gasteiger partial charge on any atom is 0.292 e. The van der Waals surface area contributed by atoms with E-state index in [1.165, 1.54) is 6.07 Å². The van der Waals surface area contributed by atoms with E-state index in [1.807, 2.05) is 6.92 Å². The van der Waals surface area contributed by atoms with E-state index < -0.39 is 4.92 Å². The number of nitro benzene ring substituents is 1. The first-order chi connectivity index (χ1) is 9.55. The summed E-state index contributed by atoms with van der Waals surface area (Å²) in [5.74, 6) is -0.143. The lowest BCUT2D eigenvalue weighted by atomic mass is 10.1. The summed E-state index contributed by atoms with van der Waals surface area (Å²) in [6, 6.07) is 3.06. The SMILES string of the molecule is CCCC(CN)Nc1cc2c(cc1[N+](=O)[O-])CC(=O)N2. The van der Waals surface area contributed by atoms with Gasteiger partial charge in [0.25, 0.3) is 5.69 Å². The Balaban J connectivity index is 2.33. The van der Waals surface area contributed by atoms with Gasteiger partial charge in [0.15, 0.2) is 0 Å². The molecule has 1 aliphatic rings. The molecule has 1 unspecified atom stereocenters. The van der Waals surface area contributed by atoms with Gasteiger partial charge in [0, 0.05) is 24.3 Å². The van der Waals surface area contributed by atoms with Crippen molar-refractivity contribution in [2.24, 2.45) is 5.73 Å². The van der Waals surface area contributed by atoms with Gasteiger partial charge in [-0.25, -0.2) is 0 Å². The van der Waals surface area contributed by atoms with Crippen LogP contribution < -0.4 is 16.4 Å². The van der Waals surface area contributed by atoms with Crippen LogP contribution in [-0.4, -0.2) is 23.4 Å². The van der Waals surface area contributed by atoms with Gasteiger partial charge in [-0.3, -0.25) is 14.9 Å². The lowest BCUT2D eigenvalue weighted by molar-refractivity contribution is -0.384. The summed E-state index contributed by atoms with van der Waals surface area (Å²) in [6.07, 6.45) is 1.95. The molecule has 0 aromatic heterocycles. The third-order valence-electron chi connectivity index (χ3n) is 3.32. The zero-order chi connectivity index (χ0) is 14.7. The van der Waals surface area contributed by atoms with Crippen molar-refractivity contribution in [3.63, 3.8) is 0 Å². The van der Waals surface area contributed by atoms with Crippen molar-refractivity contribution in [1.82, 2.24) is 0 Å². The van der Waals surface area contributed by atoms with E-state index in [-0.39, 0.29) is 24.1 Å². The van der Waals surface area contributed by atoms with Crippen LogP contribution in [0.1, 0.15) is 25.3 Å². The van der Waals surface area contributed by atoms with Crippen molar-refractivity contribution in [2.75, 3.05) is 17.2 Å². The quantitative estimate of drug-likeness (QED) is 0.541. The van der Waals surface area contributed by atoms with Crippen LogP contribution in [0, 0.1) is 10.1 Å².